The summed E-state index contributed by atoms with van der Waals surface area (Å²) in [6.45, 7) is 8.29. The number of hydrogen-bond donors (Lipinski definition) is 3. The Bertz CT molecular complexity index is 1030. The van der Waals surface area contributed by atoms with Crippen molar-refractivity contribution in [2.45, 2.75) is 83.5 Å². The quantitative estimate of drug-likeness (QED) is 0.332. The average molecular weight is 504 g/mol. The van der Waals surface area contributed by atoms with E-state index in [0.717, 1.165) is 23.1 Å². The number of carboxylic acid groups (broad SMARTS) is 1. The minimum absolute atomic E-state index is 0.0349. The van der Waals surface area contributed by atoms with Crippen LogP contribution in [0.15, 0.2) is 42.5 Å². The molecule has 2 aromatic carbocycles. The summed E-state index contributed by atoms with van der Waals surface area (Å²) in [5.41, 5.74) is 3.52. The van der Waals surface area contributed by atoms with E-state index in [0.29, 0.717) is 24.9 Å². The molecule has 2 atom stereocenters. The Morgan fingerprint density at radius 2 is 1.86 bits per heavy atom. The van der Waals surface area contributed by atoms with Crippen molar-refractivity contribution in [3.8, 4) is 11.1 Å². The summed E-state index contributed by atoms with van der Waals surface area (Å²) in [5.74, 6) is -3.20. The number of halogens is 2. The molecule has 1 aliphatic carbocycles. The zero-order valence-electron chi connectivity index (χ0n) is 21.7. The summed E-state index contributed by atoms with van der Waals surface area (Å²) in [5, 5.41) is 23.2. The number of nitrogens with one attached hydrogen (secondary N) is 1. The normalized spacial score (nSPS) is 18.1. The number of aliphatic hydroxyl groups excluding tert-OH is 1. The van der Waals surface area contributed by atoms with Gasteiger partial charge in [-0.15, -0.1) is 0 Å². The second kappa shape index (κ2) is 11.8. The summed E-state index contributed by atoms with van der Waals surface area (Å²) in [6.07, 6.45) is 0.803. The van der Waals surface area contributed by atoms with Crippen LogP contribution in [0.25, 0.3) is 11.1 Å². The second-order valence-corrected chi connectivity index (χ2v) is 10.8. The van der Waals surface area contributed by atoms with E-state index in [-0.39, 0.29) is 42.6 Å². The Morgan fingerprint density at radius 3 is 2.50 bits per heavy atom. The van der Waals surface area contributed by atoms with Crippen LogP contribution in [0.1, 0.15) is 80.5 Å². The molecule has 0 unspecified atom stereocenters. The molecule has 1 saturated carbocycles. The zero-order chi connectivity index (χ0) is 26.5. The highest BCUT2D eigenvalue weighted by atomic mass is 19.3. The largest absolute Gasteiger partial charge is 0.478 e. The van der Waals surface area contributed by atoms with Gasteiger partial charge in [0.25, 0.3) is 0 Å². The number of ether oxygens (including phenoxy) is 1. The number of aromatic carboxylic acids is 1. The summed E-state index contributed by atoms with van der Waals surface area (Å²) in [6, 6.07) is 13.1. The average Bonchev–Trinajstić information content (AvgIpc) is 2.82. The van der Waals surface area contributed by atoms with Gasteiger partial charge in [-0.2, -0.15) is 0 Å². The first-order valence-corrected chi connectivity index (χ1v) is 12.7. The maximum absolute atomic E-state index is 13.4. The summed E-state index contributed by atoms with van der Waals surface area (Å²) < 4.78 is 32.9. The number of alkyl halides is 2. The molecule has 0 heterocycles. The molecular formula is C29H39F2NO4. The Kier molecular flexibility index (Phi) is 9.25. The van der Waals surface area contributed by atoms with Crippen LogP contribution in [0.4, 0.5) is 8.78 Å². The molecular weight excluding hydrogens is 464 g/mol. The third-order valence-electron chi connectivity index (χ3n) is 7.16. The molecule has 36 heavy (non-hydrogen) atoms. The molecule has 1 aliphatic rings. The van der Waals surface area contributed by atoms with E-state index in [4.69, 9.17) is 4.74 Å². The Labute approximate surface area is 212 Å². The van der Waals surface area contributed by atoms with Crippen molar-refractivity contribution in [1.29, 1.82) is 0 Å². The van der Waals surface area contributed by atoms with Gasteiger partial charge in [0.05, 0.1) is 24.4 Å². The zero-order valence-corrected chi connectivity index (χ0v) is 21.7. The number of hydrogen-bond acceptors (Lipinski definition) is 4. The number of β-amino-alcohol motifs (C(OH)–C–C–N with tert-alkyl or cyclic N) is 1. The van der Waals surface area contributed by atoms with Crippen molar-refractivity contribution in [2.24, 2.45) is 5.92 Å². The van der Waals surface area contributed by atoms with Gasteiger partial charge in [-0.05, 0) is 81.2 Å². The lowest BCUT2D eigenvalue weighted by molar-refractivity contribution is -0.0491. The van der Waals surface area contributed by atoms with E-state index < -0.39 is 18.0 Å². The van der Waals surface area contributed by atoms with E-state index in [2.05, 4.69) is 5.32 Å². The molecule has 5 nitrogen and oxygen atoms in total. The minimum atomic E-state index is -2.52. The minimum Gasteiger partial charge on any atom is -0.478 e. The van der Waals surface area contributed by atoms with Crippen LogP contribution in [0.5, 0.6) is 0 Å². The van der Waals surface area contributed by atoms with Crippen LogP contribution in [0.2, 0.25) is 0 Å². The topological polar surface area (TPSA) is 78.8 Å². The maximum Gasteiger partial charge on any atom is 0.335 e. The summed E-state index contributed by atoms with van der Waals surface area (Å²) in [4.78, 5) is 11.4. The number of carbonyl (C=O) groups is 1. The van der Waals surface area contributed by atoms with Crippen LogP contribution >= 0.6 is 0 Å². The van der Waals surface area contributed by atoms with Gasteiger partial charge in [0, 0.05) is 24.9 Å². The van der Waals surface area contributed by atoms with E-state index in [1.165, 1.54) is 0 Å². The Hall–Kier alpha value is -2.35. The number of benzene rings is 2. The second-order valence-electron chi connectivity index (χ2n) is 10.8. The van der Waals surface area contributed by atoms with Gasteiger partial charge in [0.1, 0.15) is 0 Å². The molecule has 0 bridgehead atoms. The molecule has 198 valence electrons. The molecule has 0 aliphatic heterocycles. The first-order chi connectivity index (χ1) is 16.9. The molecule has 2 aromatic rings. The molecule has 0 aromatic heterocycles. The molecule has 3 N–H and O–H groups in total. The van der Waals surface area contributed by atoms with Gasteiger partial charge in [0.15, 0.2) is 0 Å². The molecule has 1 fully saturated rings. The fourth-order valence-electron chi connectivity index (χ4n) is 5.08. The standard InChI is InChI=1S/C29H39F2NO4/c1-19-15-22(9-10-24(19)27(34)35)26-8-6-5-7-25(26)20(2)36-18-23(33)17-32-28(3,4)16-21-11-13-29(30,31)14-12-21/h5-10,15,20-21,23,32-33H,11-14,16-18H2,1-4H3,(H,34,35)/t20-,23+/m1/s1. The maximum atomic E-state index is 13.4. The van der Waals surface area contributed by atoms with Crippen LogP contribution in [-0.2, 0) is 4.74 Å². The number of carboxylic acids is 1. The van der Waals surface area contributed by atoms with Gasteiger partial charge in [-0.3, -0.25) is 0 Å². The lowest BCUT2D eigenvalue weighted by Crippen LogP contribution is -2.46. The van der Waals surface area contributed by atoms with Crippen molar-refractivity contribution in [2.75, 3.05) is 13.2 Å². The lowest BCUT2D eigenvalue weighted by atomic mass is 9.79. The van der Waals surface area contributed by atoms with Crippen molar-refractivity contribution in [1.82, 2.24) is 5.32 Å². The van der Waals surface area contributed by atoms with Gasteiger partial charge in [-0.1, -0.05) is 36.4 Å². The Balaban J connectivity index is 1.53. The van der Waals surface area contributed by atoms with Crippen LogP contribution in [0.3, 0.4) is 0 Å². The monoisotopic (exact) mass is 503 g/mol. The highest BCUT2D eigenvalue weighted by molar-refractivity contribution is 5.90. The van der Waals surface area contributed by atoms with E-state index >= 15 is 0 Å². The van der Waals surface area contributed by atoms with Gasteiger partial charge in [0.2, 0.25) is 5.92 Å². The SMILES string of the molecule is Cc1cc(-c2ccccc2[C@@H](C)OC[C@@H](O)CNC(C)(C)CC2CCC(F)(F)CC2)ccc1C(=O)O. The van der Waals surface area contributed by atoms with E-state index in [1.54, 1.807) is 19.1 Å². The molecule has 0 saturated heterocycles. The Morgan fingerprint density at radius 1 is 1.19 bits per heavy atom. The predicted molar refractivity (Wildman–Crippen MR) is 138 cm³/mol. The van der Waals surface area contributed by atoms with E-state index in [9.17, 15) is 23.8 Å². The lowest BCUT2D eigenvalue weighted by Gasteiger charge is -2.35. The van der Waals surface area contributed by atoms with Gasteiger partial charge >= 0.3 is 5.97 Å². The number of rotatable bonds is 11. The highest BCUT2D eigenvalue weighted by Gasteiger charge is 2.36. The van der Waals surface area contributed by atoms with Gasteiger partial charge in [-0.25, -0.2) is 13.6 Å². The smallest absolute Gasteiger partial charge is 0.335 e. The molecule has 0 radical (unpaired) electrons. The summed E-state index contributed by atoms with van der Waals surface area (Å²) >= 11 is 0. The van der Waals surface area contributed by atoms with Crippen molar-refractivity contribution in [3.05, 3.63) is 59.2 Å². The van der Waals surface area contributed by atoms with Crippen LogP contribution in [-0.4, -0.2) is 46.9 Å². The van der Waals surface area contributed by atoms with Crippen molar-refractivity contribution < 1.29 is 28.5 Å². The predicted octanol–water partition coefficient (Wildman–Crippen LogP) is 6.38. The first-order valence-electron chi connectivity index (χ1n) is 12.7. The van der Waals surface area contributed by atoms with Crippen LogP contribution < -0.4 is 5.32 Å². The third kappa shape index (κ3) is 7.82. The molecule has 0 spiro atoms. The first kappa shape index (κ1) is 28.2. The van der Waals surface area contributed by atoms with Gasteiger partial charge < -0.3 is 20.3 Å². The number of aryl methyl sites for hydroxylation is 1. The van der Waals surface area contributed by atoms with Crippen molar-refractivity contribution >= 4 is 5.97 Å². The number of aliphatic hydroxyl groups is 1. The third-order valence-corrected chi connectivity index (χ3v) is 7.16. The molecule has 7 heteroatoms. The van der Waals surface area contributed by atoms with Crippen molar-refractivity contribution in [3.63, 3.8) is 0 Å². The highest BCUT2D eigenvalue weighted by Crippen LogP contribution is 2.39. The fraction of sp³-hybridized carbons (Fsp3) is 0.552. The fourth-order valence-corrected chi connectivity index (χ4v) is 5.08. The van der Waals surface area contributed by atoms with E-state index in [1.807, 2.05) is 51.1 Å². The van der Waals surface area contributed by atoms with Crippen LogP contribution in [0, 0.1) is 12.8 Å². The molecule has 3 rings (SSSR count). The molecule has 0 amide bonds. The summed E-state index contributed by atoms with van der Waals surface area (Å²) in [7, 11) is 0.